The van der Waals surface area contributed by atoms with E-state index in [2.05, 4.69) is 56.2 Å². The van der Waals surface area contributed by atoms with Crippen molar-refractivity contribution in [1.82, 2.24) is 9.80 Å². The van der Waals surface area contributed by atoms with Crippen LogP contribution in [-0.4, -0.2) is 49.0 Å². The first-order valence-electron chi connectivity index (χ1n) is 6.82. The molecule has 1 aromatic carbocycles. The van der Waals surface area contributed by atoms with Crippen molar-refractivity contribution < 1.29 is 29.6 Å². The fourth-order valence-corrected chi connectivity index (χ4v) is 2.75. The van der Waals surface area contributed by atoms with E-state index in [1.165, 1.54) is 5.56 Å². The van der Waals surface area contributed by atoms with Crippen LogP contribution < -0.4 is 0 Å². The Labute approximate surface area is 146 Å². The highest BCUT2D eigenvalue weighted by Crippen LogP contribution is 2.11. The van der Waals surface area contributed by atoms with Crippen LogP contribution in [0.2, 0.25) is 0 Å². The van der Waals surface area contributed by atoms with Gasteiger partial charge in [-0.05, 0) is 5.56 Å². The number of benzene rings is 1. The third-order valence-corrected chi connectivity index (χ3v) is 4.14. The fraction of sp³-hybridized carbons (Fsp3) is 0.308. The lowest BCUT2D eigenvalue weighted by Gasteiger charge is -2.20. The summed E-state index contributed by atoms with van der Waals surface area (Å²) in [5.74, 6) is 0. The molecule has 0 bridgehead atoms. The van der Waals surface area contributed by atoms with E-state index in [0.29, 0.717) is 6.42 Å². The molecule has 0 saturated carbocycles. The van der Waals surface area contributed by atoms with E-state index in [4.69, 9.17) is 14.4 Å². The van der Waals surface area contributed by atoms with E-state index in [9.17, 15) is 16.8 Å². The molecule has 0 radical (unpaired) electrons. The van der Waals surface area contributed by atoms with Crippen LogP contribution in [0.5, 0.6) is 0 Å². The molecule has 0 aromatic heterocycles. The van der Waals surface area contributed by atoms with Crippen LogP contribution >= 0.6 is 0 Å². The zero-order chi connectivity index (χ0) is 18.9. The highest BCUT2D eigenvalue weighted by atomic mass is 32.3. The Morgan fingerprint density at radius 2 is 1.60 bits per heavy atom. The number of rotatable bonds is 6. The minimum Gasteiger partial charge on any atom is -0.358 e. The highest BCUT2D eigenvalue weighted by Gasteiger charge is 2.15. The second-order valence-corrected chi connectivity index (χ2v) is 7.07. The molecule has 0 amide bonds. The summed E-state index contributed by atoms with van der Waals surface area (Å²) in [6.07, 6.45) is 4.73. The molecule has 2 N–H and O–H groups in total. The van der Waals surface area contributed by atoms with Crippen molar-refractivity contribution in [3.05, 3.63) is 48.3 Å². The van der Waals surface area contributed by atoms with Crippen molar-refractivity contribution in [2.75, 3.05) is 13.2 Å². The first kappa shape index (κ1) is 20.9. The molecule has 12 heteroatoms. The summed E-state index contributed by atoms with van der Waals surface area (Å²) >= 11 is 0. The summed E-state index contributed by atoms with van der Waals surface area (Å²) in [7, 11) is -10.2. The van der Waals surface area contributed by atoms with Gasteiger partial charge in [-0.15, -0.1) is 3.63 Å². The maximum Gasteiger partial charge on any atom is 0.413 e. The van der Waals surface area contributed by atoms with Crippen LogP contribution in [0.1, 0.15) is 12.0 Å². The Bertz CT molecular complexity index is 787. The predicted molar refractivity (Wildman–Crippen MR) is 87.1 cm³/mol. The predicted octanol–water partition coefficient (Wildman–Crippen LogP) is 0.755. The van der Waals surface area contributed by atoms with Crippen molar-refractivity contribution in [3.8, 4) is 6.07 Å². The summed E-state index contributed by atoms with van der Waals surface area (Å²) < 4.78 is 55.6. The molecule has 0 atom stereocenters. The Kier molecular flexibility index (Phi) is 7.81. The molecule has 1 aliphatic heterocycles. The Hall–Kier alpha value is -2.17. The lowest BCUT2D eigenvalue weighted by molar-refractivity contribution is 0.263. The summed E-state index contributed by atoms with van der Waals surface area (Å²) in [5.41, 5.74) is 1.31. The molecular formula is C13H17N3O7S2. The maximum absolute atomic E-state index is 9.44. The largest absolute Gasteiger partial charge is 0.413 e. The molecule has 0 spiro atoms. The smallest absolute Gasteiger partial charge is 0.358 e. The molecule has 138 valence electrons. The van der Waals surface area contributed by atoms with Crippen molar-refractivity contribution in [2.45, 2.75) is 13.0 Å². The van der Waals surface area contributed by atoms with E-state index in [1.807, 2.05) is 6.07 Å². The molecule has 0 saturated heterocycles. The van der Waals surface area contributed by atoms with Crippen LogP contribution in [0, 0.1) is 11.3 Å². The maximum atomic E-state index is 9.44. The van der Waals surface area contributed by atoms with Crippen molar-refractivity contribution in [1.29, 1.82) is 5.26 Å². The second kappa shape index (κ2) is 9.35. The van der Waals surface area contributed by atoms with Gasteiger partial charge in [0.05, 0.1) is 19.2 Å². The SMILES string of the molecule is N#CCCN1C=CN(Cc2ccccc2)C1.O=S(=O)(O)OS(=O)(=O)O. The van der Waals surface area contributed by atoms with Gasteiger partial charge >= 0.3 is 20.8 Å². The van der Waals surface area contributed by atoms with Crippen LogP contribution in [0.25, 0.3) is 0 Å². The molecular weight excluding hydrogens is 374 g/mol. The van der Waals surface area contributed by atoms with Gasteiger partial charge in [0, 0.05) is 25.5 Å². The first-order valence-corrected chi connectivity index (χ1v) is 9.55. The topological polar surface area (TPSA) is 148 Å². The van der Waals surface area contributed by atoms with Gasteiger partial charge in [-0.2, -0.15) is 22.1 Å². The summed E-state index contributed by atoms with van der Waals surface area (Å²) in [4.78, 5) is 4.40. The average Bonchev–Trinajstić information content (AvgIpc) is 2.90. The van der Waals surface area contributed by atoms with Crippen LogP contribution in [0.4, 0.5) is 0 Å². The van der Waals surface area contributed by atoms with Gasteiger partial charge in [-0.1, -0.05) is 30.3 Å². The molecule has 1 heterocycles. The van der Waals surface area contributed by atoms with Gasteiger partial charge in [0.1, 0.15) is 0 Å². The minimum atomic E-state index is -5.12. The third kappa shape index (κ3) is 10.3. The number of hydrogen-bond acceptors (Lipinski definition) is 8. The van der Waals surface area contributed by atoms with Gasteiger partial charge < -0.3 is 9.80 Å². The first-order chi connectivity index (χ1) is 11.6. The standard InChI is InChI=1S/C13H15N3.H2O7S2/c14-7-4-8-15-9-10-16(12-15)11-13-5-2-1-3-6-13;1-8(2,3)7-9(4,5)6/h1-3,5-6,9-10H,4,8,11-12H2;(H,1,2,3)(H,4,5,6). The molecule has 2 rings (SSSR count). The van der Waals surface area contributed by atoms with Gasteiger partial charge in [-0.25, -0.2) is 0 Å². The lowest BCUT2D eigenvalue weighted by atomic mass is 10.2. The van der Waals surface area contributed by atoms with Crippen LogP contribution in [-0.2, 0) is 31.0 Å². The van der Waals surface area contributed by atoms with E-state index >= 15 is 0 Å². The molecule has 1 aliphatic rings. The fourth-order valence-electron chi connectivity index (χ4n) is 1.88. The number of hydrogen-bond donors (Lipinski definition) is 2. The Balaban J connectivity index is 0.000000299. The average molecular weight is 391 g/mol. The number of nitriles is 1. The monoisotopic (exact) mass is 391 g/mol. The normalized spacial score (nSPS) is 14.0. The van der Waals surface area contributed by atoms with Gasteiger partial charge in [0.15, 0.2) is 0 Å². The molecule has 25 heavy (non-hydrogen) atoms. The summed E-state index contributed by atoms with van der Waals surface area (Å²) in [6, 6.07) is 12.6. The second-order valence-electron chi connectivity index (χ2n) is 4.82. The number of nitrogens with zero attached hydrogens (tertiary/aromatic N) is 3. The van der Waals surface area contributed by atoms with Crippen LogP contribution in [0.15, 0.2) is 42.7 Å². The zero-order valence-electron chi connectivity index (χ0n) is 13.0. The molecule has 0 aliphatic carbocycles. The summed E-state index contributed by atoms with van der Waals surface area (Å²) in [6.45, 7) is 2.63. The van der Waals surface area contributed by atoms with Crippen molar-refractivity contribution >= 4 is 20.8 Å². The summed E-state index contributed by atoms with van der Waals surface area (Å²) in [5, 5.41) is 8.51. The highest BCUT2D eigenvalue weighted by molar-refractivity contribution is 7.94. The van der Waals surface area contributed by atoms with E-state index in [0.717, 1.165) is 19.8 Å². The van der Waals surface area contributed by atoms with E-state index in [-0.39, 0.29) is 0 Å². The van der Waals surface area contributed by atoms with Crippen molar-refractivity contribution in [2.24, 2.45) is 0 Å². The van der Waals surface area contributed by atoms with Gasteiger partial charge in [0.25, 0.3) is 0 Å². The van der Waals surface area contributed by atoms with E-state index in [1.54, 1.807) is 0 Å². The molecule has 10 nitrogen and oxygen atoms in total. The zero-order valence-corrected chi connectivity index (χ0v) is 14.6. The molecule has 1 aromatic rings. The van der Waals surface area contributed by atoms with Crippen LogP contribution in [0.3, 0.4) is 0 Å². The Morgan fingerprint density at radius 3 is 2.08 bits per heavy atom. The van der Waals surface area contributed by atoms with Crippen molar-refractivity contribution in [3.63, 3.8) is 0 Å². The van der Waals surface area contributed by atoms with E-state index < -0.39 is 20.8 Å². The van der Waals surface area contributed by atoms with Gasteiger partial charge in [-0.3, -0.25) is 9.11 Å². The third-order valence-electron chi connectivity index (χ3n) is 2.76. The van der Waals surface area contributed by atoms with Gasteiger partial charge in [0.2, 0.25) is 0 Å². The Morgan fingerprint density at radius 1 is 1.04 bits per heavy atom. The molecule has 0 unspecified atom stereocenters. The minimum absolute atomic E-state index is 0.587. The lowest BCUT2D eigenvalue weighted by Crippen LogP contribution is -2.25. The quantitative estimate of drug-likeness (QED) is 0.665. The molecule has 0 fully saturated rings.